The summed E-state index contributed by atoms with van der Waals surface area (Å²) in [7, 11) is 144. The second-order valence-corrected chi connectivity index (χ2v) is 12.9. The van der Waals surface area contributed by atoms with Crippen LogP contribution in [0.4, 0.5) is 0 Å². The highest BCUT2D eigenvalue weighted by Crippen LogP contribution is 2.39. The van der Waals surface area contributed by atoms with Gasteiger partial charge in [0.1, 0.15) is 173 Å². The van der Waals surface area contributed by atoms with Crippen LogP contribution in [-0.2, 0) is 0 Å². The van der Waals surface area contributed by atoms with Crippen molar-refractivity contribution in [3.8, 4) is 33.4 Å². The third-order valence-corrected chi connectivity index (χ3v) is 10.1. The first kappa shape index (κ1) is 40.9. The normalized spacial score (nSPS) is 11.5. The molecule has 54 heavy (non-hydrogen) atoms. The molecule has 6 aromatic carbocycles. The first-order valence-electron chi connectivity index (χ1n) is 15.6. The van der Waals surface area contributed by atoms with E-state index in [0.29, 0.717) is 0 Å². The first-order chi connectivity index (χ1) is 25.0. The van der Waals surface area contributed by atoms with Crippen LogP contribution in [0, 0.1) is 0 Å². The molecule has 6 aromatic rings. The van der Waals surface area contributed by atoms with Crippen molar-refractivity contribution in [1.82, 2.24) is 0 Å². The molecular weight excluding hydrogens is 622 g/mol. The van der Waals surface area contributed by atoms with Gasteiger partial charge < -0.3 is 0 Å². The van der Waals surface area contributed by atoms with Gasteiger partial charge in [0.2, 0.25) is 0 Å². The van der Waals surface area contributed by atoms with Crippen LogP contribution >= 0.6 is 0 Å². The van der Waals surface area contributed by atoms with Crippen molar-refractivity contribution >= 4 is 314 Å². The van der Waals surface area contributed by atoms with Gasteiger partial charge >= 0.3 is 0 Å². The summed E-state index contributed by atoms with van der Waals surface area (Å²) in [5.74, 6) is 0. The van der Waals surface area contributed by atoms with E-state index in [-0.39, 0.29) is 175 Å². The van der Waals surface area contributed by atoms with E-state index in [1.54, 1.807) is 0 Å². The van der Waals surface area contributed by atoms with Crippen LogP contribution in [0.3, 0.4) is 0 Å². The fourth-order valence-electron chi connectivity index (χ4n) is 7.05. The van der Waals surface area contributed by atoms with Gasteiger partial charge in [0.25, 0.3) is 0 Å². The Balaban J connectivity index is 2.15. The lowest BCUT2D eigenvalue weighted by molar-refractivity contribution is 1.83. The summed E-state index contributed by atoms with van der Waals surface area (Å²) in [5.41, 5.74) is -3.03. The zero-order valence-corrected chi connectivity index (χ0v) is 28.7. The fraction of sp³-hybridized carbons (Fsp3) is 0. The Kier molecular flexibility index (Phi) is 10.6. The van der Waals surface area contributed by atoms with Gasteiger partial charge in [0, 0.05) is 0 Å². The highest BCUT2D eigenvalue weighted by atomic mass is 14.3. The van der Waals surface area contributed by atoms with Gasteiger partial charge in [-0.25, -0.2) is 0 Å². The van der Waals surface area contributed by atoms with Gasteiger partial charge in [-0.2, -0.15) is 0 Å². The molecule has 44 radical (unpaired) electrons. The minimum atomic E-state index is -0.186. The van der Waals surface area contributed by atoms with Crippen LogP contribution in [0.15, 0.2) is 0 Å². The van der Waals surface area contributed by atoms with Gasteiger partial charge in [-0.3, -0.25) is 0 Å². The van der Waals surface area contributed by atoms with Crippen molar-refractivity contribution in [3.05, 3.63) is 0 Å². The first-order valence-corrected chi connectivity index (χ1v) is 15.6. The molecule has 0 aromatic heterocycles. The molecule has 0 nitrogen and oxygen atoms in total. The molecule has 0 aliphatic carbocycles. The van der Waals surface area contributed by atoms with E-state index >= 15 is 0 Å². The van der Waals surface area contributed by atoms with E-state index in [4.69, 9.17) is 173 Å². The topological polar surface area (TPSA) is 0 Å². The summed E-state index contributed by atoms with van der Waals surface area (Å²) >= 11 is 0. The maximum absolute atomic E-state index is 7.21. The SMILES string of the molecule is [B]c1c([B])c([B])c(-c2c([B])c([B])c3c(-c4c([B])c([B])c([B])c([B])c4[B])c4c([B])c([B])c([B])c([B])c4c(-c4c([B])c([B])c([B])c([B])c4[B])c3c2[B])c([B])c1[B]. The Morgan fingerprint density at radius 2 is 0.241 bits per heavy atom. The van der Waals surface area contributed by atoms with Crippen LogP contribution < -0.4 is 120 Å². The number of rotatable bonds is 3. The quantitative estimate of drug-likeness (QED) is 0.136. The molecule has 0 fully saturated rings. The van der Waals surface area contributed by atoms with Gasteiger partial charge in [0.15, 0.2) is 0 Å². The highest BCUT2D eigenvalue weighted by Gasteiger charge is 2.29. The van der Waals surface area contributed by atoms with E-state index < -0.39 is 0 Å². The Morgan fingerprint density at radius 1 is 0.111 bits per heavy atom. The van der Waals surface area contributed by atoms with Gasteiger partial charge in [-0.15, -0.1) is 60.1 Å². The maximum Gasteiger partial charge on any atom is 0.115 e. The Hall–Kier alpha value is -2.73. The molecule has 0 bridgehead atoms. The molecule has 6 rings (SSSR count). The molecule has 0 spiro atoms. The molecule has 0 aliphatic heterocycles. The smallest absolute Gasteiger partial charge is 0.112 e. The number of fused-ring (bicyclic) bond motifs is 2. The van der Waals surface area contributed by atoms with Gasteiger partial charge in [-0.05, 0) is 54.9 Å². The average molecular weight is 622 g/mol. The number of hydrogen-bond donors (Lipinski definition) is 0. The van der Waals surface area contributed by atoms with Gasteiger partial charge in [-0.1, -0.05) is 60.1 Å². The number of benzene rings is 6. The van der Waals surface area contributed by atoms with Crippen molar-refractivity contribution in [2.24, 2.45) is 0 Å². The summed E-state index contributed by atoms with van der Waals surface area (Å²) in [6.07, 6.45) is 0. The summed E-state index contributed by atoms with van der Waals surface area (Å²) in [6.45, 7) is 0. The van der Waals surface area contributed by atoms with E-state index in [9.17, 15) is 0 Å². The van der Waals surface area contributed by atoms with Crippen molar-refractivity contribution in [2.75, 3.05) is 0 Å². The summed E-state index contributed by atoms with van der Waals surface area (Å²) < 4.78 is 0. The van der Waals surface area contributed by atoms with Crippen LogP contribution in [-0.4, -0.2) is 173 Å². The van der Waals surface area contributed by atoms with Crippen molar-refractivity contribution in [1.29, 1.82) is 0 Å². The van der Waals surface area contributed by atoms with E-state index in [2.05, 4.69) is 0 Å². The lowest BCUT2D eigenvalue weighted by Gasteiger charge is -2.33. The zero-order chi connectivity index (χ0) is 40.5. The summed E-state index contributed by atoms with van der Waals surface area (Å²) in [4.78, 5) is 0. The number of hydrogen-bond acceptors (Lipinski definition) is 0. The van der Waals surface area contributed by atoms with Crippen LogP contribution in [0.1, 0.15) is 0 Å². The standard InChI is InChI=1S/C32B22/c33-11-3-1(7-16(38)24(46)30(52)25(47)17(7)39)5-6(14(36)23(45)22(44)13(5)35)2(8-18(40)26(48)31(53)27(49)19(8)41)4(3)12(34)15(37)9(11)10-20(42)28(50)32(54)29(51)21(10)43. The van der Waals surface area contributed by atoms with E-state index in [0.717, 1.165) is 0 Å². The predicted molar refractivity (Wildman–Crippen MR) is 256 cm³/mol. The van der Waals surface area contributed by atoms with E-state index in [1.807, 2.05) is 0 Å². The minimum absolute atomic E-state index is 0.00782. The maximum atomic E-state index is 7.21. The minimum Gasteiger partial charge on any atom is -0.112 e. The fourth-order valence-corrected chi connectivity index (χ4v) is 7.05. The molecule has 194 valence electrons. The second-order valence-electron chi connectivity index (χ2n) is 12.9. The van der Waals surface area contributed by atoms with E-state index in [1.165, 1.54) is 0 Å². The molecule has 0 N–H and O–H groups in total. The zero-order valence-electron chi connectivity index (χ0n) is 28.7. The molecule has 0 atom stereocenters. The molecule has 0 heterocycles. The second kappa shape index (κ2) is 14.0. The lowest BCUT2D eigenvalue weighted by Crippen LogP contribution is -2.56. The van der Waals surface area contributed by atoms with Crippen molar-refractivity contribution in [3.63, 3.8) is 0 Å². The largest absolute Gasteiger partial charge is 0.115 e. The Bertz CT molecular complexity index is 2650. The van der Waals surface area contributed by atoms with Crippen molar-refractivity contribution in [2.45, 2.75) is 0 Å². The molecule has 0 saturated carbocycles. The molecule has 0 aliphatic rings. The molecular formula is C32B22. The van der Waals surface area contributed by atoms with Crippen LogP contribution in [0.25, 0.3) is 54.9 Å². The van der Waals surface area contributed by atoms with Crippen LogP contribution in [0.2, 0.25) is 0 Å². The third kappa shape index (κ3) is 5.44. The average Bonchev–Trinajstić information content (AvgIpc) is 3.14. The summed E-state index contributed by atoms with van der Waals surface area (Å²) in [5, 5.41) is 0.122. The third-order valence-electron chi connectivity index (χ3n) is 10.1. The highest BCUT2D eigenvalue weighted by molar-refractivity contribution is 6.75. The summed E-state index contributed by atoms with van der Waals surface area (Å²) in [6, 6.07) is 0. The van der Waals surface area contributed by atoms with Gasteiger partial charge in [0.05, 0.1) is 0 Å². The Morgan fingerprint density at radius 3 is 0.500 bits per heavy atom. The van der Waals surface area contributed by atoms with Crippen LogP contribution in [0.5, 0.6) is 0 Å². The molecule has 22 heteroatoms. The predicted octanol–water partition coefficient (Wildman–Crippen LogP) is -17.5. The Labute approximate surface area is 345 Å². The van der Waals surface area contributed by atoms with Crippen molar-refractivity contribution < 1.29 is 0 Å². The monoisotopic (exact) mass is 626 g/mol. The molecule has 0 saturated heterocycles. The lowest BCUT2D eigenvalue weighted by atomic mass is 9.54. The molecule has 0 amide bonds. The molecule has 0 unspecified atom stereocenters.